The molecule has 1 amide bonds. The summed E-state index contributed by atoms with van der Waals surface area (Å²) in [4.78, 5) is 21.6. The van der Waals surface area contributed by atoms with Crippen LogP contribution in [0.1, 0.15) is 27.2 Å². The molecule has 82 valence electrons. The van der Waals surface area contributed by atoms with E-state index in [0.29, 0.717) is 6.42 Å². The van der Waals surface area contributed by atoms with Gasteiger partial charge in [0, 0.05) is 0 Å². The van der Waals surface area contributed by atoms with Gasteiger partial charge in [0.05, 0.1) is 0 Å². The second-order valence-corrected chi connectivity index (χ2v) is 3.71. The zero-order valence-electron chi connectivity index (χ0n) is 8.65. The molecule has 0 rings (SSSR count). The lowest BCUT2D eigenvalue weighted by atomic mass is 10.1. The molecule has 3 N–H and O–H groups in total. The Hall–Kier alpha value is -1.10. The monoisotopic (exact) mass is 203 g/mol. The smallest absolute Gasteiger partial charge is 0.325 e. The summed E-state index contributed by atoms with van der Waals surface area (Å²) in [6.07, 6.45) is -0.796. The molecule has 0 aliphatic rings. The number of aliphatic hydroxyl groups is 1. The van der Waals surface area contributed by atoms with Gasteiger partial charge in [-0.2, -0.15) is 0 Å². The molecule has 0 fully saturated rings. The summed E-state index contributed by atoms with van der Waals surface area (Å²) in [6.45, 7) is 5.09. The van der Waals surface area contributed by atoms with E-state index in [1.165, 1.54) is 6.92 Å². The molecule has 0 bridgehead atoms. The lowest BCUT2D eigenvalue weighted by Gasteiger charge is -2.15. The largest absolute Gasteiger partial charge is 0.480 e. The molecule has 0 heterocycles. The number of carbonyl (C=O) groups is 2. The predicted molar refractivity (Wildman–Crippen MR) is 50.7 cm³/mol. The van der Waals surface area contributed by atoms with E-state index in [4.69, 9.17) is 5.11 Å². The normalized spacial score (nSPS) is 14.9. The zero-order valence-corrected chi connectivity index (χ0v) is 8.65. The van der Waals surface area contributed by atoms with E-state index in [0.717, 1.165) is 0 Å². The maximum atomic E-state index is 11.2. The Kier molecular flexibility index (Phi) is 5.15. The average molecular weight is 203 g/mol. The first-order valence-electron chi connectivity index (χ1n) is 4.55. The minimum absolute atomic E-state index is 0.191. The van der Waals surface area contributed by atoms with Crippen molar-refractivity contribution in [3.63, 3.8) is 0 Å². The van der Waals surface area contributed by atoms with Crippen molar-refractivity contribution < 1.29 is 19.8 Å². The second kappa shape index (κ2) is 5.59. The summed E-state index contributed by atoms with van der Waals surface area (Å²) in [5.74, 6) is -1.56. The van der Waals surface area contributed by atoms with Crippen LogP contribution in [0, 0.1) is 5.92 Å². The van der Waals surface area contributed by atoms with Crippen LogP contribution in [0.15, 0.2) is 0 Å². The first-order chi connectivity index (χ1) is 6.34. The van der Waals surface area contributed by atoms with Crippen LogP contribution in [-0.2, 0) is 9.59 Å². The third kappa shape index (κ3) is 4.81. The van der Waals surface area contributed by atoms with Crippen molar-refractivity contribution in [2.24, 2.45) is 5.92 Å². The molecule has 0 spiro atoms. The Morgan fingerprint density at radius 2 is 1.79 bits per heavy atom. The maximum absolute atomic E-state index is 11.2. The van der Waals surface area contributed by atoms with Crippen LogP contribution < -0.4 is 5.32 Å². The van der Waals surface area contributed by atoms with E-state index >= 15 is 0 Å². The fourth-order valence-electron chi connectivity index (χ4n) is 0.925. The molecule has 0 saturated carbocycles. The molecular formula is C9H17NO4. The van der Waals surface area contributed by atoms with Crippen molar-refractivity contribution in [3.8, 4) is 0 Å². The van der Waals surface area contributed by atoms with Gasteiger partial charge >= 0.3 is 5.97 Å². The van der Waals surface area contributed by atoms with Gasteiger partial charge in [-0.3, -0.25) is 9.59 Å². The number of aliphatic carboxylic acids is 1. The molecule has 0 radical (unpaired) electrons. The van der Waals surface area contributed by atoms with Crippen molar-refractivity contribution in [1.82, 2.24) is 5.32 Å². The number of hydrogen-bond donors (Lipinski definition) is 3. The van der Waals surface area contributed by atoms with Crippen molar-refractivity contribution in [3.05, 3.63) is 0 Å². The molecule has 5 heteroatoms. The molecule has 0 aliphatic carbocycles. The molecule has 0 aromatic carbocycles. The number of amides is 1. The summed E-state index contributed by atoms with van der Waals surface area (Å²) in [6, 6.07) is -0.968. The Balaban J connectivity index is 4.01. The van der Waals surface area contributed by atoms with Gasteiger partial charge in [-0.25, -0.2) is 0 Å². The minimum Gasteiger partial charge on any atom is -0.480 e. The van der Waals surface area contributed by atoms with Crippen LogP contribution in [0.2, 0.25) is 0 Å². The lowest BCUT2D eigenvalue weighted by Crippen LogP contribution is -2.44. The molecule has 0 aliphatic heterocycles. The molecular weight excluding hydrogens is 186 g/mol. The fraction of sp³-hybridized carbons (Fsp3) is 0.778. The molecule has 0 unspecified atom stereocenters. The van der Waals surface area contributed by atoms with Crippen LogP contribution >= 0.6 is 0 Å². The van der Waals surface area contributed by atoms with Gasteiger partial charge in [0.1, 0.15) is 12.1 Å². The average Bonchev–Trinajstić information content (AvgIpc) is 2.02. The van der Waals surface area contributed by atoms with Gasteiger partial charge in [-0.05, 0) is 19.3 Å². The highest BCUT2D eigenvalue weighted by atomic mass is 16.4. The summed E-state index contributed by atoms with van der Waals surface area (Å²) in [7, 11) is 0. The summed E-state index contributed by atoms with van der Waals surface area (Å²) < 4.78 is 0. The van der Waals surface area contributed by atoms with E-state index in [-0.39, 0.29) is 5.92 Å². The SMILES string of the molecule is CC(C)C[C@H](O)C(=O)N[C@H](C)C(=O)O. The summed E-state index contributed by atoms with van der Waals surface area (Å²) in [5.41, 5.74) is 0. The quantitative estimate of drug-likeness (QED) is 0.586. The summed E-state index contributed by atoms with van der Waals surface area (Å²) in [5, 5.41) is 20.0. The van der Waals surface area contributed by atoms with E-state index in [1.807, 2.05) is 13.8 Å². The van der Waals surface area contributed by atoms with Crippen LogP contribution in [0.3, 0.4) is 0 Å². The highest BCUT2D eigenvalue weighted by Crippen LogP contribution is 2.04. The number of carboxylic acids is 1. The van der Waals surface area contributed by atoms with Gasteiger partial charge in [0.15, 0.2) is 0 Å². The Labute approximate surface area is 83.1 Å². The zero-order chi connectivity index (χ0) is 11.3. The van der Waals surface area contributed by atoms with Crippen molar-refractivity contribution in [1.29, 1.82) is 0 Å². The van der Waals surface area contributed by atoms with Gasteiger partial charge in [0.2, 0.25) is 5.91 Å². The van der Waals surface area contributed by atoms with Gasteiger partial charge in [-0.1, -0.05) is 13.8 Å². The standard InChI is InChI=1S/C9H17NO4/c1-5(2)4-7(11)8(12)10-6(3)9(13)14/h5-7,11H,4H2,1-3H3,(H,10,12)(H,13,14)/t6-,7+/m1/s1. The van der Waals surface area contributed by atoms with Crippen LogP contribution in [0.5, 0.6) is 0 Å². The van der Waals surface area contributed by atoms with Crippen LogP contribution in [0.4, 0.5) is 0 Å². The molecule has 14 heavy (non-hydrogen) atoms. The highest BCUT2D eigenvalue weighted by Gasteiger charge is 2.20. The third-order valence-corrected chi connectivity index (χ3v) is 1.73. The topological polar surface area (TPSA) is 86.6 Å². The van der Waals surface area contributed by atoms with E-state index < -0.39 is 24.0 Å². The number of nitrogens with one attached hydrogen (secondary N) is 1. The highest BCUT2D eigenvalue weighted by molar-refractivity contribution is 5.85. The van der Waals surface area contributed by atoms with Gasteiger partial charge in [0.25, 0.3) is 0 Å². The maximum Gasteiger partial charge on any atom is 0.325 e. The number of aliphatic hydroxyl groups excluding tert-OH is 1. The predicted octanol–water partition coefficient (Wildman–Crippen LogP) is -0.0173. The lowest BCUT2D eigenvalue weighted by molar-refractivity contribution is -0.143. The van der Waals surface area contributed by atoms with Crippen molar-refractivity contribution in [2.45, 2.75) is 39.3 Å². The molecule has 5 nitrogen and oxygen atoms in total. The Morgan fingerprint density at radius 3 is 2.14 bits per heavy atom. The number of hydrogen-bond acceptors (Lipinski definition) is 3. The van der Waals surface area contributed by atoms with E-state index in [2.05, 4.69) is 5.32 Å². The number of carbonyl (C=O) groups excluding carboxylic acids is 1. The van der Waals surface area contributed by atoms with Crippen molar-refractivity contribution in [2.75, 3.05) is 0 Å². The first kappa shape index (κ1) is 12.9. The number of carboxylic acid groups (broad SMARTS) is 1. The van der Waals surface area contributed by atoms with Gasteiger partial charge < -0.3 is 15.5 Å². The van der Waals surface area contributed by atoms with E-state index in [1.54, 1.807) is 0 Å². The van der Waals surface area contributed by atoms with Crippen molar-refractivity contribution >= 4 is 11.9 Å². The molecule has 0 aromatic heterocycles. The Bertz CT molecular complexity index is 215. The molecule has 0 aromatic rings. The molecule has 0 saturated heterocycles. The van der Waals surface area contributed by atoms with Crippen LogP contribution in [-0.4, -0.2) is 34.2 Å². The second-order valence-electron chi connectivity index (χ2n) is 3.71. The number of rotatable bonds is 5. The van der Waals surface area contributed by atoms with Crippen LogP contribution in [0.25, 0.3) is 0 Å². The third-order valence-electron chi connectivity index (χ3n) is 1.73. The first-order valence-corrected chi connectivity index (χ1v) is 4.55. The Morgan fingerprint density at radius 1 is 1.29 bits per heavy atom. The molecule has 2 atom stereocenters. The summed E-state index contributed by atoms with van der Waals surface area (Å²) >= 11 is 0. The minimum atomic E-state index is -1.13. The van der Waals surface area contributed by atoms with E-state index in [9.17, 15) is 14.7 Å². The van der Waals surface area contributed by atoms with Gasteiger partial charge in [-0.15, -0.1) is 0 Å². The fourth-order valence-corrected chi connectivity index (χ4v) is 0.925.